The van der Waals surface area contributed by atoms with Crippen LogP contribution in [0.15, 0.2) is 41.9 Å². The summed E-state index contributed by atoms with van der Waals surface area (Å²) in [6.45, 7) is 3.94. The molecule has 1 spiro atoms. The summed E-state index contributed by atoms with van der Waals surface area (Å²) in [4.78, 5) is 36.4. The average molecular weight is 340 g/mol. The van der Waals surface area contributed by atoms with E-state index in [1.165, 1.54) is 30.5 Å². The average Bonchev–Trinajstić information content (AvgIpc) is 2.78. The van der Waals surface area contributed by atoms with Crippen LogP contribution in [0, 0.1) is 15.5 Å². The highest BCUT2D eigenvalue weighted by Gasteiger charge is 2.55. The molecular weight excluding hydrogens is 324 g/mol. The number of fused-ring (bicyclic) bond motifs is 3. The third-order valence-corrected chi connectivity index (χ3v) is 5.00. The molecule has 0 fully saturated rings. The maximum Gasteiger partial charge on any atom is 0.269 e. The molecule has 0 saturated heterocycles. The Hall–Kier alpha value is -2.96. The topological polar surface area (TPSA) is 98.5 Å². The Morgan fingerprint density at radius 3 is 2.72 bits per heavy atom. The number of carbonyl (C=O) groups is 2. The van der Waals surface area contributed by atoms with E-state index >= 15 is 0 Å². The predicted molar refractivity (Wildman–Crippen MR) is 88.7 cm³/mol. The highest BCUT2D eigenvalue weighted by molar-refractivity contribution is 6.17. The summed E-state index contributed by atoms with van der Waals surface area (Å²) in [5, 5.41) is 13.9. The molecule has 1 atom stereocenters. The molecule has 0 bridgehead atoms. The fourth-order valence-electron chi connectivity index (χ4n) is 3.94. The second-order valence-electron chi connectivity index (χ2n) is 7.41. The lowest BCUT2D eigenvalue weighted by Crippen LogP contribution is -2.43. The zero-order valence-corrected chi connectivity index (χ0v) is 13.8. The molecule has 0 saturated carbocycles. The number of amides is 1. The van der Waals surface area contributed by atoms with Crippen molar-refractivity contribution in [2.75, 3.05) is 5.32 Å². The number of Topliss-reactive ketones (excluding diaryl/α,β-unsaturated/α-hetero) is 1. The van der Waals surface area contributed by atoms with Crippen molar-refractivity contribution in [2.24, 2.45) is 5.41 Å². The van der Waals surface area contributed by atoms with Gasteiger partial charge in [-0.1, -0.05) is 13.8 Å². The number of carbonyl (C=O) groups excluding carboxylic acids is 2. The SMILES string of the molecule is CC1(C)CC(=O)C2=C(C1)OC=CC21C(=O)Nc2ccc([N+](=O)[O-])cc21. The summed E-state index contributed by atoms with van der Waals surface area (Å²) >= 11 is 0. The lowest BCUT2D eigenvalue weighted by molar-refractivity contribution is -0.384. The number of nitrogens with zero attached hydrogens (tertiary/aromatic N) is 1. The van der Waals surface area contributed by atoms with Gasteiger partial charge in [-0.15, -0.1) is 0 Å². The van der Waals surface area contributed by atoms with Gasteiger partial charge in [0.25, 0.3) is 5.69 Å². The van der Waals surface area contributed by atoms with Crippen LogP contribution in [0.3, 0.4) is 0 Å². The van der Waals surface area contributed by atoms with Gasteiger partial charge in [0.15, 0.2) is 5.78 Å². The first-order valence-corrected chi connectivity index (χ1v) is 7.96. The van der Waals surface area contributed by atoms with Crippen molar-refractivity contribution < 1.29 is 19.2 Å². The van der Waals surface area contributed by atoms with Gasteiger partial charge in [-0.05, 0) is 17.6 Å². The zero-order chi connectivity index (χ0) is 18.0. The molecule has 1 aromatic carbocycles. The predicted octanol–water partition coefficient (Wildman–Crippen LogP) is 2.97. The standard InChI is InChI=1S/C18H16N2O5/c1-17(2)8-13(21)15-14(9-17)25-6-5-18(15)11-7-10(20(23)24)3-4-12(11)19-16(18)22/h3-7H,8-9H2,1-2H3,(H,19,22). The van der Waals surface area contributed by atoms with Gasteiger partial charge in [0, 0.05) is 36.2 Å². The first kappa shape index (κ1) is 15.6. The lowest BCUT2D eigenvalue weighted by Gasteiger charge is -2.38. The zero-order valence-electron chi connectivity index (χ0n) is 13.8. The van der Waals surface area contributed by atoms with Gasteiger partial charge in [0.2, 0.25) is 5.91 Å². The molecule has 7 nitrogen and oxygen atoms in total. The molecule has 1 unspecified atom stereocenters. The summed E-state index contributed by atoms with van der Waals surface area (Å²) in [6.07, 6.45) is 3.74. The van der Waals surface area contributed by atoms with Crippen LogP contribution in [-0.2, 0) is 19.7 Å². The second kappa shape index (κ2) is 4.78. The van der Waals surface area contributed by atoms with E-state index in [0.717, 1.165) is 0 Å². The van der Waals surface area contributed by atoms with Gasteiger partial charge in [-0.3, -0.25) is 19.7 Å². The Balaban J connectivity index is 1.97. The normalized spacial score (nSPS) is 26.2. The molecule has 1 amide bonds. The van der Waals surface area contributed by atoms with E-state index in [1.807, 2.05) is 13.8 Å². The molecule has 1 aliphatic carbocycles. The van der Waals surface area contributed by atoms with E-state index in [2.05, 4.69) is 5.32 Å². The largest absolute Gasteiger partial charge is 0.469 e. The van der Waals surface area contributed by atoms with Crippen LogP contribution < -0.4 is 5.32 Å². The quantitative estimate of drug-likeness (QED) is 0.626. The van der Waals surface area contributed by atoms with Crippen molar-refractivity contribution in [2.45, 2.75) is 32.1 Å². The van der Waals surface area contributed by atoms with Crippen molar-refractivity contribution in [3.63, 3.8) is 0 Å². The van der Waals surface area contributed by atoms with Gasteiger partial charge in [0.05, 0.1) is 16.8 Å². The maximum atomic E-state index is 12.9. The van der Waals surface area contributed by atoms with Crippen LogP contribution in [-0.4, -0.2) is 16.6 Å². The first-order chi connectivity index (χ1) is 11.7. The molecule has 2 aliphatic heterocycles. The van der Waals surface area contributed by atoms with Crippen molar-refractivity contribution in [1.29, 1.82) is 0 Å². The summed E-state index contributed by atoms with van der Waals surface area (Å²) < 4.78 is 5.58. The number of hydrogen-bond acceptors (Lipinski definition) is 5. The van der Waals surface area contributed by atoms with Gasteiger partial charge in [-0.2, -0.15) is 0 Å². The minimum absolute atomic E-state index is 0.125. The number of ether oxygens (including phenoxy) is 1. The highest BCUT2D eigenvalue weighted by atomic mass is 16.6. The van der Waals surface area contributed by atoms with Crippen LogP contribution in [0.25, 0.3) is 0 Å². The summed E-state index contributed by atoms with van der Waals surface area (Å²) in [5.41, 5.74) is -0.546. The van der Waals surface area contributed by atoms with E-state index in [0.29, 0.717) is 35.4 Å². The number of ketones is 1. The van der Waals surface area contributed by atoms with E-state index < -0.39 is 10.3 Å². The summed E-state index contributed by atoms with van der Waals surface area (Å²) in [5.74, 6) is -0.0773. The van der Waals surface area contributed by atoms with Gasteiger partial charge >= 0.3 is 0 Å². The number of nitrogens with one attached hydrogen (secondary N) is 1. The number of anilines is 1. The first-order valence-electron chi connectivity index (χ1n) is 7.96. The Morgan fingerprint density at radius 2 is 2.00 bits per heavy atom. The number of rotatable bonds is 1. The number of benzene rings is 1. The summed E-state index contributed by atoms with van der Waals surface area (Å²) in [7, 11) is 0. The fraction of sp³-hybridized carbons (Fsp3) is 0.333. The molecule has 2 heterocycles. The molecule has 128 valence electrons. The molecule has 4 rings (SSSR count). The van der Waals surface area contributed by atoms with Crippen LogP contribution in [0.1, 0.15) is 32.3 Å². The van der Waals surface area contributed by atoms with Gasteiger partial charge in [-0.25, -0.2) is 0 Å². The number of allylic oxidation sites excluding steroid dienone is 1. The number of nitro groups is 1. The highest BCUT2D eigenvalue weighted by Crippen LogP contribution is 2.52. The van der Waals surface area contributed by atoms with Crippen LogP contribution >= 0.6 is 0 Å². The fourth-order valence-corrected chi connectivity index (χ4v) is 3.94. The van der Waals surface area contributed by atoms with E-state index in [9.17, 15) is 19.7 Å². The molecule has 0 aromatic heterocycles. The third kappa shape index (κ3) is 2.05. The van der Waals surface area contributed by atoms with Crippen LogP contribution in [0.2, 0.25) is 0 Å². The molecule has 1 N–H and O–H groups in total. The van der Waals surface area contributed by atoms with E-state index in [-0.39, 0.29) is 22.8 Å². The van der Waals surface area contributed by atoms with Crippen molar-refractivity contribution in [1.82, 2.24) is 0 Å². The number of hydrogen-bond donors (Lipinski definition) is 1. The molecule has 0 radical (unpaired) electrons. The van der Waals surface area contributed by atoms with Gasteiger partial charge in [0.1, 0.15) is 11.2 Å². The molecular formula is C18H16N2O5. The molecule has 7 heteroatoms. The van der Waals surface area contributed by atoms with E-state index in [1.54, 1.807) is 0 Å². The second-order valence-corrected chi connectivity index (χ2v) is 7.41. The monoisotopic (exact) mass is 340 g/mol. The van der Waals surface area contributed by atoms with Crippen molar-refractivity contribution in [3.8, 4) is 0 Å². The molecule has 3 aliphatic rings. The number of non-ortho nitro benzene ring substituents is 1. The Morgan fingerprint density at radius 1 is 1.24 bits per heavy atom. The Labute approximate surface area is 143 Å². The van der Waals surface area contributed by atoms with Crippen LogP contribution in [0.5, 0.6) is 0 Å². The third-order valence-electron chi connectivity index (χ3n) is 5.00. The maximum absolute atomic E-state index is 12.9. The minimum Gasteiger partial charge on any atom is -0.469 e. The summed E-state index contributed by atoms with van der Waals surface area (Å²) in [6, 6.07) is 4.20. The Kier molecular flexibility index (Phi) is 2.98. The molecule has 25 heavy (non-hydrogen) atoms. The number of nitro benzene ring substituents is 1. The lowest BCUT2D eigenvalue weighted by atomic mass is 9.65. The van der Waals surface area contributed by atoms with Crippen LogP contribution in [0.4, 0.5) is 11.4 Å². The van der Waals surface area contributed by atoms with Gasteiger partial charge < -0.3 is 10.1 Å². The smallest absolute Gasteiger partial charge is 0.269 e. The Bertz CT molecular complexity index is 912. The van der Waals surface area contributed by atoms with Crippen molar-refractivity contribution >= 4 is 23.1 Å². The van der Waals surface area contributed by atoms with Crippen molar-refractivity contribution in [3.05, 3.63) is 57.5 Å². The molecule has 1 aromatic rings. The van der Waals surface area contributed by atoms with E-state index in [4.69, 9.17) is 4.74 Å². The minimum atomic E-state index is -1.36.